The van der Waals surface area contributed by atoms with E-state index in [1.165, 1.54) is 11.3 Å². The van der Waals surface area contributed by atoms with Gasteiger partial charge in [0.2, 0.25) is 0 Å². The molecule has 170 valence electrons. The fourth-order valence-electron chi connectivity index (χ4n) is 5.42. The zero-order valence-electron chi connectivity index (χ0n) is 18.4. The number of benzene rings is 1. The second kappa shape index (κ2) is 9.32. The first-order valence-electron chi connectivity index (χ1n) is 11.8. The van der Waals surface area contributed by atoms with E-state index in [1.807, 2.05) is 0 Å². The van der Waals surface area contributed by atoms with Crippen LogP contribution in [0.2, 0.25) is 0 Å². The molecule has 0 aromatic heterocycles. The van der Waals surface area contributed by atoms with Gasteiger partial charge in [0.25, 0.3) is 0 Å². The molecule has 4 unspecified atom stereocenters. The number of piperazine rings is 1. The van der Waals surface area contributed by atoms with E-state index in [1.54, 1.807) is 0 Å². The second-order valence-electron chi connectivity index (χ2n) is 9.42. The highest BCUT2D eigenvalue weighted by atomic mass is 16.5. The lowest BCUT2D eigenvalue weighted by Crippen LogP contribution is -2.44. The first kappa shape index (κ1) is 21.0. The quantitative estimate of drug-likeness (QED) is 0.628. The molecule has 3 fully saturated rings. The lowest BCUT2D eigenvalue weighted by molar-refractivity contribution is 0.00716. The van der Waals surface area contributed by atoms with Gasteiger partial charge in [-0.1, -0.05) is 6.07 Å². The van der Waals surface area contributed by atoms with E-state index in [4.69, 9.17) is 9.47 Å². The average molecular weight is 430 g/mol. The maximum Gasteiger partial charge on any atom is 0.407 e. The summed E-state index contributed by atoms with van der Waals surface area (Å²) in [6, 6.07) is 7.45. The Kier molecular flexibility index (Phi) is 6.31. The van der Waals surface area contributed by atoms with Gasteiger partial charge in [0.05, 0.1) is 12.1 Å². The number of cyclic esters (lactones) is 1. The fraction of sp³-hybridized carbons (Fsp3) is 0.696. The van der Waals surface area contributed by atoms with Gasteiger partial charge in [0.15, 0.2) is 0 Å². The van der Waals surface area contributed by atoms with Crippen molar-refractivity contribution >= 4 is 11.8 Å². The smallest absolute Gasteiger partial charge is 0.407 e. The van der Waals surface area contributed by atoms with Crippen LogP contribution in [0.4, 0.5) is 10.5 Å². The molecular weight excluding hydrogens is 394 g/mol. The molecule has 3 N–H and O–H groups in total. The standard InChI is InChI=1S/C23H35N5O3/c1-27-6-8-28(9-7-27)18-12-16-11-17(13-18)22-20-14-19(3-4-21(20)25-26-22)30-10-2-5-24-23(29)31-15-16/h11-13,19-22,25-26H,2-10,14-15H2,1H3,(H,24,29). The van der Waals surface area contributed by atoms with Crippen LogP contribution in [0.5, 0.6) is 0 Å². The van der Waals surface area contributed by atoms with E-state index in [0.717, 1.165) is 57.4 Å². The topological polar surface area (TPSA) is 78.1 Å². The molecule has 1 aromatic carbocycles. The number of nitrogens with one attached hydrogen (secondary N) is 3. The van der Waals surface area contributed by atoms with Crippen LogP contribution in [0.15, 0.2) is 18.2 Å². The van der Waals surface area contributed by atoms with Crippen molar-refractivity contribution in [1.29, 1.82) is 0 Å². The van der Waals surface area contributed by atoms with Crippen LogP contribution in [-0.2, 0) is 16.1 Å². The third kappa shape index (κ3) is 4.82. The van der Waals surface area contributed by atoms with Crippen molar-refractivity contribution in [2.45, 2.75) is 50.5 Å². The summed E-state index contributed by atoms with van der Waals surface area (Å²) in [5, 5.41) is 2.85. The van der Waals surface area contributed by atoms with E-state index < -0.39 is 0 Å². The van der Waals surface area contributed by atoms with Gasteiger partial charge in [-0.25, -0.2) is 10.2 Å². The molecule has 4 bridgehead atoms. The Bertz CT molecular complexity index is 782. The first-order chi connectivity index (χ1) is 15.2. The Morgan fingerprint density at radius 2 is 1.94 bits per heavy atom. The van der Waals surface area contributed by atoms with Crippen molar-refractivity contribution < 1.29 is 14.3 Å². The number of rotatable bonds is 1. The minimum atomic E-state index is -0.360. The lowest BCUT2D eigenvalue weighted by atomic mass is 9.78. The summed E-state index contributed by atoms with van der Waals surface area (Å²) in [6.45, 7) is 5.69. The normalized spacial score (nSPS) is 32.5. The number of hydrazine groups is 1. The molecule has 4 aliphatic rings. The van der Waals surface area contributed by atoms with Crippen LogP contribution in [0, 0.1) is 5.92 Å². The zero-order chi connectivity index (χ0) is 21.2. The lowest BCUT2D eigenvalue weighted by Gasteiger charge is -2.35. The monoisotopic (exact) mass is 429 g/mol. The van der Waals surface area contributed by atoms with Crippen LogP contribution in [-0.4, -0.2) is 69.5 Å². The van der Waals surface area contributed by atoms with Gasteiger partial charge < -0.3 is 24.6 Å². The number of anilines is 1. The molecule has 1 aromatic rings. The third-order valence-electron chi connectivity index (χ3n) is 7.25. The number of hydrogen-bond acceptors (Lipinski definition) is 7. The van der Waals surface area contributed by atoms with Gasteiger partial charge >= 0.3 is 6.09 Å². The van der Waals surface area contributed by atoms with Crippen LogP contribution < -0.4 is 21.1 Å². The predicted molar refractivity (Wildman–Crippen MR) is 119 cm³/mol. The Morgan fingerprint density at radius 3 is 2.81 bits per heavy atom. The second-order valence-corrected chi connectivity index (χ2v) is 9.42. The highest BCUT2D eigenvalue weighted by molar-refractivity contribution is 5.67. The summed E-state index contributed by atoms with van der Waals surface area (Å²) >= 11 is 0. The summed E-state index contributed by atoms with van der Waals surface area (Å²) in [6.07, 6.45) is 4.02. The highest BCUT2D eigenvalue weighted by Gasteiger charge is 2.41. The SMILES string of the molecule is CN1CCN(c2cc3cc(c2)C2NNC4CCC(CC42)OCCCNC(=O)OC3)CC1. The molecule has 5 rings (SSSR count). The van der Waals surface area contributed by atoms with Crippen molar-refractivity contribution in [3.8, 4) is 0 Å². The summed E-state index contributed by atoms with van der Waals surface area (Å²) in [5.74, 6) is 0.500. The Morgan fingerprint density at radius 1 is 1.06 bits per heavy atom. The van der Waals surface area contributed by atoms with Crippen LogP contribution in [0.25, 0.3) is 0 Å². The number of ether oxygens (including phenoxy) is 2. The Labute approximate surface area is 184 Å². The van der Waals surface area contributed by atoms with Crippen molar-refractivity contribution in [2.75, 3.05) is 51.3 Å². The Balaban J connectivity index is 1.45. The largest absolute Gasteiger partial charge is 0.445 e. The van der Waals surface area contributed by atoms with E-state index in [-0.39, 0.29) is 18.7 Å². The summed E-state index contributed by atoms with van der Waals surface area (Å²) < 4.78 is 11.7. The van der Waals surface area contributed by atoms with E-state index in [2.05, 4.69) is 51.2 Å². The highest BCUT2D eigenvalue weighted by Crippen LogP contribution is 2.40. The van der Waals surface area contributed by atoms with Crippen molar-refractivity contribution in [3.63, 3.8) is 0 Å². The van der Waals surface area contributed by atoms with Gasteiger partial charge in [-0.3, -0.25) is 5.43 Å². The zero-order valence-corrected chi connectivity index (χ0v) is 18.4. The van der Waals surface area contributed by atoms with Crippen LogP contribution in [0.1, 0.15) is 42.9 Å². The third-order valence-corrected chi connectivity index (χ3v) is 7.25. The maximum absolute atomic E-state index is 12.1. The minimum Gasteiger partial charge on any atom is -0.445 e. The molecule has 0 spiro atoms. The maximum atomic E-state index is 12.1. The number of likely N-dealkylation sites (N-methyl/N-ethyl adjacent to an activating group) is 1. The molecule has 4 atom stereocenters. The molecule has 1 saturated carbocycles. The van der Waals surface area contributed by atoms with Gasteiger partial charge in [-0.05, 0) is 61.9 Å². The molecular formula is C23H35N5O3. The van der Waals surface area contributed by atoms with Crippen molar-refractivity contribution in [2.24, 2.45) is 5.92 Å². The molecule has 3 heterocycles. The predicted octanol–water partition coefficient (Wildman–Crippen LogP) is 1.77. The first-order valence-corrected chi connectivity index (χ1v) is 11.8. The van der Waals surface area contributed by atoms with Gasteiger partial charge in [-0.2, -0.15) is 0 Å². The number of fused-ring (bicyclic) bond motifs is 4. The minimum absolute atomic E-state index is 0.238. The molecule has 1 aliphatic carbocycles. The summed E-state index contributed by atoms with van der Waals surface area (Å²) in [4.78, 5) is 17.0. The molecule has 31 heavy (non-hydrogen) atoms. The van der Waals surface area contributed by atoms with E-state index in [0.29, 0.717) is 31.2 Å². The number of nitrogens with zero attached hydrogens (tertiary/aromatic N) is 2. The summed E-state index contributed by atoms with van der Waals surface area (Å²) in [5.41, 5.74) is 10.7. The summed E-state index contributed by atoms with van der Waals surface area (Å²) in [7, 11) is 2.17. The molecule has 1 amide bonds. The fourth-order valence-corrected chi connectivity index (χ4v) is 5.42. The average Bonchev–Trinajstić information content (AvgIpc) is 3.20. The number of hydrogen-bond donors (Lipinski definition) is 3. The van der Waals surface area contributed by atoms with Crippen molar-refractivity contribution in [1.82, 2.24) is 21.1 Å². The van der Waals surface area contributed by atoms with E-state index >= 15 is 0 Å². The number of amides is 1. The van der Waals surface area contributed by atoms with Crippen molar-refractivity contribution in [3.05, 3.63) is 29.3 Å². The van der Waals surface area contributed by atoms with Crippen LogP contribution >= 0.6 is 0 Å². The number of carbonyl (C=O) groups excluding carboxylic acids is 1. The molecule has 3 aliphatic heterocycles. The van der Waals surface area contributed by atoms with Gasteiger partial charge in [0, 0.05) is 51.1 Å². The molecule has 8 heteroatoms. The van der Waals surface area contributed by atoms with Gasteiger partial charge in [0.1, 0.15) is 6.61 Å². The molecule has 0 radical (unpaired) electrons. The van der Waals surface area contributed by atoms with Crippen LogP contribution in [0.3, 0.4) is 0 Å². The Hall–Kier alpha value is -1.87. The molecule has 8 nitrogen and oxygen atoms in total. The number of carbonyl (C=O) groups is 1. The van der Waals surface area contributed by atoms with E-state index in [9.17, 15) is 4.79 Å². The van der Waals surface area contributed by atoms with Gasteiger partial charge in [-0.15, -0.1) is 0 Å². The molecule has 2 saturated heterocycles. The number of alkyl carbamates (subject to hydrolysis) is 1.